The molecule has 7 heteroatoms. The Balaban J connectivity index is 1.19. The van der Waals surface area contributed by atoms with Crippen molar-refractivity contribution in [3.05, 3.63) is 120 Å². The van der Waals surface area contributed by atoms with E-state index in [0.29, 0.717) is 32.1 Å². The maximum atomic E-state index is 12.4. The van der Waals surface area contributed by atoms with Gasteiger partial charge in [0.1, 0.15) is 18.1 Å². The fraction of sp³-hybridized carbons (Fsp3) is 0.172. The van der Waals surface area contributed by atoms with Gasteiger partial charge in [0, 0.05) is 30.2 Å². The molecule has 1 heterocycles. The Bertz CT molecular complexity index is 1230. The zero-order valence-electron chi connectivity index (χ0n) is 20.1. The van der Waals surface area contributed by atoms with Crippen LogP contribution in [0.1, 0.15) is 22.3 Å². The number of amides is 2. The topological polar surface area (TPSA) is 81.7 Å². The van der Waals surface area contributed by atoms with Crippen LogP contribution in [-0.2, 0) is 31.1 Å². The van der Waals surface area contributed by atoms with E-state index < -0.39 is 0 Å². The van der Waals surface area contributed by atoms with Crippen LogP contribution in [0.4, 0.5) is 10.5 Å². The molecule has 0 spiro atoms. The van der Waals surface area contributed by atoms with E-state index in [-0.39, 0.29) is 6.03 Å². The first-order valence-electron chi connectivity index (χ1n) is 11.6. The van der Waals surface area contributed by atoms with Crippen LogP contribution >= 0.6 is 0 Å². The summed E-state index contributed by atoms with van der Waals surface area (Å²) in [5.41, 5.74) is 4.73. The molecule has 0 saturated carbocycles. The van der Waals surface area contributed by atoms with Crippen LogP contribution in [-0.4, -0.2) is 18.1 Å². The molecule has 2 amide bonds. The van der Waals surface area contributed by atoms with Gasteiger partial charge in [-0.2, -0.15) is 0 Å². The van der Waals surface area contributed by atoms with Crippen LogP contribution in [0.3, 0.4) is 0 Å². The first kappa shape index (κ1) is 24.8. The van der Waals surface area contributed by atoms with Gasteiger partial charge >= 0.3 is 6.03 Å². The lowest BCUT2D eigenvalue weighted by molar-refractivity contribution is 0.107. The minimum Gasteiger partial charge on any atom is -0.497 e. The highest BCUT2D eigenvalue weighted by molar-refractivity contribution is 5.89. The van der Waals surface area contributed by atoms with Gasteiger partial charge in [0.2, 0.25) is 0 Å². The minimum absolute atomic E-state index is 0.275. The molecule has 0 saturated heterocycles. The molecule has 2 N–H and O–H groups in total. The Hall–Kier alpha value is -4.36. The summed E-state index contributed by atoms with van der Waals surface area (Å²) in [4.78, 5) is 16.5. The third kappa shape index (κ3) is 7.85. The molecular weight excluding hydrogens is 454 g/mol. The van der Waals surface area contributed by atoms with Gasteiger partial charge in [-0.3, -0.25) is 4.98 Å². The highest BCUT2D eigenvalue weighted by Crippen LogP contribution is 2.16. The summed E-state index contributed by atoms with van der Waals surface area (Å²) in [6, 6.07) is 26.6. The van der Waals surface area contributed by atoms with Gasteiger partial charge in [0.25, 0.3) is 0 Å². The molecule has 4 aromatic rings. The van der Waals surface area contributed by atoms with Crippen molar-refractivity contribution in [3.8, 4) is 11.5 Å². The lowest BCUT2D eigenvalue weighted by atomic mass is 10.2. The van der Waals surface area contributed by atoms with E-state index in [1.807, 2.05) is 84.9 Å². The Morgan fingerprint density at radius 1 is 0.778 bits per heavy atom. The van der Waals surface area contributed by atoms with Crippen molar-refractivity contribution in [1.82, 2.24) is 10.3 Å². The van der Waals surface area contributed by atoms with Crippen LogP contribution in [0.2, 0.25) is 0 Å². The zero-order valence-corrected chi connectivity index (χ0v) is 20.1. The van der Waals surface area contributed by atoms with Crippen molar-refractivity contribution >= 4 is 11.7 Å². The van der Waals surface area contributed by atoms with E-state index in [2.05, 4.69) is 15.6 Å². The molecule has 1 aromatic heterocycles. The van der Waals surface area contributed by atoms with Crippen LogP contribution in [0.15, 0.2) is 97.3 Å². The van der Waals surface area contributed by atoms with E-state index in [9.17, 15) is 4.79 Å². The van der Waals surface area contributed by atoms with E-state index in [1.165, 1.54) is 0 Å². The van der Waals surface area contributed by atoms with Crippen molar-refractivity contribution in [2.75, 3.05) is 12.4 Å². The third-order valence-electron chi connectivity index (χ3n) is 5.39. The number of carbonyl (C=O) groups is 1. The molecule has 0 bridgehead atoms. The number of urea groups is 1. The third-order valence-corrected chi connectivity index (χ3v) is 5.39. The Morgan fingerprint density at radius 2 is 1.50 bits per heavy atom. The fourth-order valence-corrected chi connectivity index (χ4v) is 3.46. The molecule has 0 aliphatic rings. The molecule has 0 atom stereocenters. The van der Waals surface area contributed by atoms with E-state index >= 15 is 0 Å². The number of nitrogens with zero attached hydrogens (tertiary/aromatic N) is 1. The predicted octanol–water partition coefficient (Wildman–Crippen LogP) is 5.71. The number of pyridine rings is 1. The quantitative estimate of drug-likeness (QED) is 0.286. The van der Waals surface area contributed by atoms with Crippen LogP contribution < -0.4 is 20.1 Å². The zero-order chi connectivity index (χ0) is 25.0. The SMILES string of the molecule is COc1ccc(COCc2cccc(NC(=O)NCc3ccc(OCc4cccnc4)cc3)c2)cc1. The number of methoxy groups -OCH3 is 1. The second-order valence-corrected chi connectivity index (χ2v) is 8.14. The van der Waals surface area contributed by atoms with Gasteiger partial charge in [0.15, 0.2) is 0 Å². The molecule has 7 nitrogen and oxygen atoms in total. The predicted molar refractivity (Wildman–Crippen MR) is 139 cm³/mol. The minimum atomic E-state index is -0.275. The van der Waals surface area contributed by atoms with Crippen LogP contribution in [0.5, 0.6) is 11.5 Å². The van der Waals surface area contributed by atoms with Crippen molar-refractivity contribution in [1.29, 1.82) is 0 Å². The molecule has 36 heavy (non-hydrogen) atoms. The van der Waals surface area contributed by atoms with Crippen molar-refractivity contribution in [2.45, 2.75) is 26.4 Å². The Kier molecular flexibility index (Phi) is 8.89. The summed E-state index contributed by atoms with van der Waals surface area (Å²) in [6.07, 6.45) is 3.51. The number of hydrogen-bond donors (Lipinski definition) is 2. The summed E-state index contributed by atoms with van der Waals surface area (Å²) in [5, 5.41) is 5.75. The second-order valence-electron chi connectivity index (χ2n) is 8.14. The number of ether oxygens (including phenoxy) is 3. The highest BCUT2D eigenvalue weighted by atomic mass is 16.5. The Morgan fingerprint density at radius 3 is 2.25 bits per heavy atom. The van der Waals surface area contributed by atoms with Crippen LogP contribution in [0.25, 0.3) is 0 Å². The monoisotopic (exact) mass is 483 g/mol. The van der Waals surface area contributed by atoms with Gasteiger partial charge in [-0.1, -0.05) is 42.5 Å². The molecule has 0 radical (unpaired) electrons. The molecule has 0 fully saturated rings. The van der Waals surface area contributed by atoms with Gasteiger partial charge in [0.05, 0.1) is 20.3 Å². The molecule has 0 aliphatic heterocycles. The number of nitrogens with one attached hydrogen (secondary N) is 2. The molecule has 0 aliphatic carbocycles. The highest BCUT2D eigenvalue weighted by Gasteiger charge is 2.04. The molecular formula is C29H29N3O4. The lowest BCUT2D eigenvalue weighted by Crippen LogP contribution is -2.28. The summed E-state index contributed by atoms with van der Waals surface area (Å²) in [5.74, 6) is 1.58. The summed E-state index contributed by atoms with van der Waals surface area (Å²) >= 11 is 0. The first-order chi connectivity index (χ1) is 17.7. The average molecular weight is 484 g/mol. The molecule has 0 unspecified atom stereocenters. The van der Waals surface area contributed by atoms with Gasteiger partial charge < -0.3 is 24.8 Å². The average Bonchev–Trinajstić information content (AvgIpc) is 2.92. The summed E-state index contributed by atoms with van der Waals surface area (Å²) < 4.78 is 16.8. The van der Waals surface area contributed by atoms with E-state index in [4.69, 9.17) is 14.2 Å². The molecule has 184 valence electrons. The number of anilines is 1. The van der Waals surface area contributed by atoms with Gasteiger partial charge in [-0.05, 0) is 59.2 Å². The van der Waals surface area contributed by atoms with Crippen molar-refractivity contribution < 1.29 is 19.0 Å². The fourth-order valence-electron chi connectivity index (χ4n) is 3.46. The van der Waals surface area contributed by atoms with E-state index in [1.54, 1.807) is 19.5 Å². The first-order valence-corrected chi connectivity index (χ1v) is 11.6. The van der Waals surface area contributed by atoms with Gasteiger partial charge in [-0.25, -0.2) is 4.79 Å². The maximum absolute atomic E-state index is 12.4. The standard InChI is InChI=1S/C29H29N3O4/c1-34-27-11-9-23(10-12-27)19-35-20-24-4-2-6-26(16-24)32-29(33)31-18-22-7-13-28(14-8-22)36-21-25-5-3-15-30-17-25/h2-17H,18-21H2,1H3,(H2,31,32,33). The smallest absolute Gasteiger partial charge is 0.319 e. The number of benzene rings is 3. The lowest BCUT2D eigenvalue weighted by Gasteiger charge is -2.11. The number of carbonyl (C=O) groups excluding carboxylic acids is 1. The van der Waals surface area contributed by atoms with Crippen molar-refractivity contribution in [2.24, 2.45) is 0 Å². The molecule has 4 rings (SSSR count). The molecule has 3 aromatic carbocycles. The van der Waals surface area contributed by atoms with Gasteiger partial charge in [-0.15, -0.1) is 0 Å². The summed E-state index contributed by atoms with van der Waals surface area (Å²) in [6.45, 7) is 1.80. The largest absolute Gasteiger partial charge is 0.497 e. The Labute approximate surface area is 211 Å². The normalized spacial score (nSPS) is 10.5. The van der Waals surface area contributed by atoms with E-state index in [0.717, 1.165) is 33.8 Å². The number of rotatable bonds is 11. The second kappa shape index (κ2) is 12.9. The van der Waals surface area contributed by atoms with Crippen LogP contribution in [0, 0.1) is 0 Å². The number of hydrogen-bond acceptors (Lipinski definition) is 5. The number of aromatic nitrogens is 1. The summed E-state index contributed by atoms with van der Waals surface area (Å²) in [7, 11) is 1.64. The van der Waals surface area contributed by atoms with Crippen molar-refractivity contribution in [3.63, 3.8) is 0 Å². The maximum Gasteiger partial charge on any atom is 0.319 e.